The Balaban J connectivity index is 1.51. The Morgan fingerprint density at radius 1 is 1.19 bits per heavy atom. The molecule has 4 rings (SSSR count). The standard InChI is InChI=1S/C22H22N2O4S3/c1-14-20(15-7-9-16(28-2)10-8-15)23-22(29-14)24-21(25)18-5-3-4-6-19(18)30-17-11-12-31(26,27)13-17/h3-10,17H,11-13H2,1-2H3,(H,23,24,25). The van der Waals surface area contributed by atoms with E-state index in [9.17, 15) is 13.2 Å². The topological polar surface area (TPSA) is 85.4 Å². The number of sulfone groups is 1. The van der Waals surface area contributed by atoms with Crippen LogP contribution in [-0.4, -0.2) is 43.2 Å². The zero-order valence-electron chi connectivity index (χ0n) is 17.1. The fourth-order valence-electron chi connectivity index (χ4n) is 3.42. The number of nitrogens with one attached hydrogen (secondary N) is 1. The van der Waals surface area contributed by atoms with E-state index in [1.807, 2.05) is 43.3 Å². The van der Waals surface area contributed by atoms with Gasteiger partial charge in [0.15, 0.2) is 15.0 Å². The highest BCUT2D eigenvalue weighted by molar-refractivity contribution is 8.02. The van der Waals surface area contributed by atoms with Crippen LogP contribution in [0.1, 0.15) is 21.7 Å². The maximum atomic E-state index is 13.0. The molecule has 0 bridgehead atoms. The zero-order valence-corrected chi connectivity index (χ0v) is 19.6. The van der Waals surface area contributed by atoms with Crippen molar-refractivity contribution in [3.63, 3.8) is 0 Å². The van der Waals surface area contributed by atoms with Gasteiger partial charge in [0.25, 0.3) is 5.91 Å². The van der Waals surface area contributed by atoms with E-state index >= 15 is 0 Å². The molecular weight excluding hydrogens is 452 g/mol. The van der Waals surface area contributed by atoms with E-state index in [1.165, 1.54) is 23.1 Å². The number of thiazole rings is 1. The van der Waals surface area contributed by atoms with Gasteiger partial charge in [-0.3, -0.25) is 10.1 Å². The van der Waals surface area contributed by atoms with Gasteiger partial charge in [0, 0.05) is 20.6 Å². The van der Waals surface area contributed by atoms with Crippen molar-refractivity contribution in [1.29, 1.82) is 0 Å². The summed E-state index contributed by atoms with van der Waals surface area (Å²) in [4.78, 5) is 19.4. The number of rotatable bonds is 6. The van der Waals surface area contributed by atoms with Gasteiger partial charge in [0.05, 0.1) is 29.9 Å². The van der Waals surface area contributed by atoms with Crippen LogP contribution in [0, 0.1) is 6.92 Å². The molecule has 1 fully saturated rings. The lowest BCUT2D eigenvalue weighted by Gasteiger charge is -2.12. The number of nitrogens with zero attached hydrogens (tertiary/aromatic N) is 1. The number of aryl methyl sites for hydroxylation is 1. The number of carbonyl (C=O) groups excluding carboxylic acids is 1. The number of ether oxygens (including phenoxy) is 1. The summed E-state index contributed by atoms with van der Waals surface area (Å²) in [7, 11) is -1.34. The van der Waals surface area contributed by atoms with Crippen molar-refractivity contribution in [3.05, 3.63) is 59.0 Å². The molecule has 1 unspecified atom stereocenters. The number of hydrogen-bond acceptors (Lipinski definition) is 7. The summed E-state index contributed by atoms with van der Waals surface area (Å²) in [5.41, 5.74) is 2.30. The molecule has 2 heterocycles. The third-order valence-electron chi connectivity index (χ3n) is 5.00. The lowest BCUT2D eigenvalue weighted by atomic mass is 10.1. The predicted molar refractivity (Wildman–Crippen MR) is 126 cm³/mol. The fraction of sp³-hybridized carbons (Fsp3) is 0.273. The van der Waals surface area contributed by atoms with E-state index in [4.69, 9.17) is 4.74 Å². The van der Waals surface area contributed by atoms with Crippen LogP contribution >= 0.6 is 23.1 Å². The molecular formula is C22H22N2O4S3. The molecule has 1 aliphatic rings. The first-order valence-corrected chi connectivity index (χ1v) is 13.3. The lowest BCUT2D eigenvalue weighted by molar-refractivity contribution is 0.102. The number of methoxy groups -OCH3 is 1. The molecule has 1 amide bonds. The second kappa shape index (κ2) is 9.02. The predicted octanol–water partition coefficient (Wildman–Crippen LogP) is 4.66. The second-order valence-corrected chi connectivity index (χ2v) is 12.0. The van der Waals surface area contributed by atoms with E-state index in [-0.39, 0.29) is 22.7 Å². The van der Waals surface area contributed by atoms with Gasteiger partial charge in [-0.05, 0) is 49.7 Å². The van der Waals surface area contributed by atoms with E-state index in [0.717, 1.165) is 26.8 Å². The van der Waals surface area contributed by atoms with Gasteiger partial charge in [0.1, 0.15) is 5.75 Å². The minimum absolute atomic E-state index is 0.0252. The maximum absolute atomic E-state index is 13.0. The molecule has 0 spiro atoms. The van der Waals surface area contributed by atoms with Crippen LogP contribution in [0.4, 0.5) is 5.13 Å². The smallest absolute Gasteiger partial charge is 0.258 e. The Hall–Kier alpha value is -2.36. The van der Waals surface area contributed by atoms with Crippen molar-refractivity contribution in [3.8, 4) is 17.0 Å². The van der Waals surface area contributed by atoms with Crippen LogP contribution in [0.5, 0.6) is 5.75 Å². The van der Waals surface area contributed by atoms with Crippen molar-refractivity contribution < 1.29 is 17.9 Å². The van der Waals surface area contributed by atoms with Crippen LogP contribution in [0.2, 0.25) is 0 Å². The molecule has 3 aromatic rings. The highest BCUT2D eigenvalue weighted by Gasteiger charge is 2.29. The van der Waals surface area contributed by atoms with Gasteiger partial charge < -0.3 is 4.74 Å². The summed E-state index contributed by atoms with van der Waals surface area (Å²) in [5, 5.41) is 3.40. The van der Waals surface area contributed by atoms with Crippen LogP contribution in [-0.2, 0) is 9.84 Å². The number of thioether (sulfide) groups is 1. The molecule has 162 valence electrons. The summed E-state index contributed by atoms with van der Waals surface area (Å²) in [6, 6.07) is 14.9. The van der Waals surface area contributed by atoms with Crippen molar-refractivity contribution >= 4 is 44.0 Å². The summed E-state index contributed by atoms with van der Waals surface area (Å²) >= 11 is 2.88. The lowest BCUT2D eigenvalue weighted by Crippen LogP contribution is -2.14. The largest absolute Gasteiger partial charge is 0.497 e. The van der Waals surface area contributed by atoms with Crippen LogP contribution in [0.15, 0.2) is 53.4 Å². The minimum Gasteiger partial charge on any atom is -0.497 e. The van der Waals surface area contributed by atoms with Gasteiger partial charge in [0.2, 0.25) is 0 Å². The second-order valence-electron chi connectivity index (χ2n) is 7.25. The Morgan fingerprint density at radius 3 is 2.61 bits per heavy atom. The van der Waals surface area contributed by atoms with Gasteiger partial charge in [-0.15, -0.1) is 23.1 Å². The molecule has 0 saturated carbocycles. The third-order valence-corrected chi connectivity index (χ3v) is 9.21. The Kier molecular flexibility index (Phi) is 6.36. The summed E-state index contributed by atoms with van der Waals surface area (Å²) in [6.07, 6.45) is 0.611. The van der Waals surface area contributed by atoms with E-state index in [2.05, 4.69) is 10.3 Å². The number of hydrogen-bond donors (Lipinski definition) is 1. The molecule has 31 heavy (non-hydrogen) atoms. The highest BCUT2D eigenvalue weighted by atomic mass is 32.2. The van der Waals surface area contributed by atoms with Gasteiger partial charge in [-0.25, -0.2) is 13.4 Å². The molecule has 1 saturated heterocycles. The first-order chi connectivity index (χ1) is 14.8. The number of anilines is 1. The summed E-state index contributed by atoms with van der Waals surface area (Å²) in [6.45, 7) is 1.97. The van der Waals surface area contributed by atoms with Crippen molar-refractivity contribution in [2.45, 2.75) is 23.5 Å². The van der Waals surface area contributed by atoms with Crippen molar-refractivity contribution in [1.82, 2.24) is 4.98 Å². The van der Waals surface area contributed by atoms with Gasteiger partial charge in [-0.1, -0.05) is 12.1 Å². The molecule has 1 N–H and O–H groups in total. The molecule has 2 aromatic carbocycles. The van der Waals surface area contributed by atoms with Gasteiger partial charge >= 0.3 is 0 Å². The highest BCUT2D eigenvalue weighted by Crippen LogP contribution is 2.35. The fourth-order valence-corrected chi connectivity index (χ4v) is 7.88. The minimum atomic E-state index is -2.97. The van der Waals surface area contributed by atoms with Crippen LogP contribution < -0.4 is 10.1 Å². The molecule has 9 heteroatoms. The molecule has 6 nitrogen and oxygen atoms in total. The van der Waals surface area contributed by atoms with E-state index in [0.29, 0.717) is 17.1 Å². The molecule has 1 atom stereocenters. The van der Waals surface area contributed by atoms with Crippen molar-refractivity contribution in [2.75, 3.05) is 23.9 Å². The molecule has 0 aliphatic carbocycles. The van der Waals surface area contributed by atoms with Crippen LogP contribution in [0.25, 0.3) is 11.3 Å². The third kappa shape index (κ3) is 5.11. The van der Waals surface area contributed by atoms with E-state index in [1.54, 1.807) is 19.2 Å². The number of carbonyl (C=O) groups is 1. The first-order valence-electron chi connectivity index (χ1n) is 9.74. The normalized spacial score (nSPS) is 17.4. The maximum Gasteiger partial charge on any atom is 0.258 e. The molecule has 1 aromatic heterocycles. The van der Waals surface area contributed by atoms with Crippen LogP contribution in [0.3, 0.4) is 0 Å². The Labute approximate surface area is 190 Å². The average molecular weight is 475 g/mol. The zero-order chi connectivity index (χ0) is 22.0. The first kappa shape index (κ1) is 21.9. The summed E-state index contributed by atoms with van der Waals surface area (Å²) < 4.78 is 28.7. The Morgan fingerprint density at radius 2 is 1.94 bits per heavy atom. The molecule has 0 radical (unpaired) electrons. The Bertz CT molecular complexity index is 1200. The van der Waals surface area contributed by atoms with Gasteiger partial charge in [-0.2, -0.15) is 0 Å². The SMILES string of the molecule is COc1ccc(-c2nc(NC(=O)c3ccccc3SC3CCS(=O)(=O)C3)sc2C)cc1. The summed E-state index contributed by atoms with van der Waals surface area (Å²) in [5.74, 6) is 0.893. The number of amides is 1. The monoisotopic (exact) mass is 474 g/mol. The number of aromatic nitrogens is 1. The molecule has 1 aliphatic heterocycles. The van der Waals surface area contributed by atoms with E-state index < -0.39 is 9.84 Å². The van der Waals surface area contributed by atoms with Crippen molar-refractivity contribution in [2.24, 2.45) is 0 Å². The number of benzene rings is 2. The quantitative estimate of drug-likeness (QED) is 0.559. The average Bonchev–Trinajstić information content (AvgIpc) is 3.29.